The molecule has 0 aliphatic rings. The molecule has 4 nitrogen and oxygen atoms in total. The van der Waals surface area contributed by atoms with Crippen molar-refractivity contribution in [3.05, 3.63) is 29.8 Å². The second-order valence-corrected chi connectivity index (χ2v) is 5.48. The molecule has 106 valence electrons. The van der Waals surface area contributed by atoms with Crippen LogP contribution in [0.1, 0.15) is 30.6 Å². The standard InChI is InChI=1S/C15H25N3O/c1-11(2)9-13(10-16)17-15(19)12-5-7-14(8-6-12)18(3)4/h5-8,11,13H,9-10,16H2,1-4H3,(H,17,19). The third-order valence-corrected chi connectivity index (χ3v) is 3.02. The number of hydrogen-bond donors (Lipinski definition) is 2. The lowest BCUT2D eigenvalue weighted by Crippen LogP contribution is -2.41. The summed E-state index contributed by atoms with van der Waals surface area (Å²) in [6.45, 7) is 4.72. The molecule has 1 rings (SSSR count). The Morgan fingerprint density at radius 3 is 2.26 bits per heavy atom. The van der Waals surface area contributed by atoms with Gasteiger partial charge < -0.3 is 16.0 Å². The lowest BCUT2D eigenvalue weighted by molar-refractivity contribution is 0.0934. The van der Waals surface area contributed by atoms with Crippen LogP contribution in [0.25, 0.3) is 0 Å². The van der Waals surface area contributed by atoms with Crippen LogP contribution in [-0.4, -0.2) is 32.6 Å². The maximum absolute atomic E-state index is 12.1. The first-order chi connectivity index (χ1) is 8.93. The van der Waals surface area contributed by atoms with Gasteiger partial charge in [-0.1, -0.05) is 13.8 Å². The van der Waals surface area contributed by atoms with Gasteiger partial charge in [0.05, 0.1) is 0 Å². The molecule has 0 heterocycles. The van der Waals surface area contributed by atoms with Crippen molar-refractivity contribution >= 4 is 11.6 Å². The SMILES string of the molecule is CC(C)CC(CN)NC(=O)c1ccc(N(C)C)cc1. The molecule has 0 aliphatic carbocycles. The molecule has 0 radical (unpaired) electrons. The number of rotatable bonds is 6. The van der Waals surface area contributed by atoms with Gasteiger partial charge in [0.2, 0.25) is 0 Å². The molecule has 1 aromatic carbocycles. The molecule has 0 aromatic heterocycles. The average molecular weight is 263 g/mol. The first-order valence-electron chi connectivity index (χ1n) is 6.72. The van der Waals surface area contributed by atoms with Crippen molar-refractivity contribution < 1.29 is 4.79 Å². The number of nitrogens with zero attached hydrogens (tertiary/aromatic N) is 1. The van der Waals surface area contributed by atoms with Gasteiger partial charge in [0.1, 0.15) is 0 Å². The van der Waals surface area contributed by atoms with Crippen LogP contribution in [0, 0.1) is 5.92 Å². The normalized spacial score (nSPS) is 12.3. The Morgan fingerprint density at radius 2 is 1.84 bits per heavy atom. The maximum Gasteiger partial charge on any atom is 0.251 e. The van der Waals surface area contributed by atoms with E-state index < -0.39 is 0 Å². The zero-order chi connectivity index (χ0) is 14.4. The van der Waals surface area contributed by atoms with Gasteiger partial charge in [-0.3, -0.25) is 4.79 Å². The molecule has 0 saturated heterocycles. The van der Waals surface area contributed by atoms with E-state index in [0.29, 0.717) is 18.0 Å². The van der Waals surface area contributed by atoms with Crippen LogP contribution in [0.5, 0.6) is 0 Å². The van der Waals surface area contributed by atoms with Crippen molar-refractivity contribution in [2.24, 2.45) is 11.7 Å². The Balaban J connectivity index is 2.66. The molecule has 1 amide bonds. The van der Waals surface area contributed by atoms with Crippen molar-refractivity contribution in [2.75, 3.05) is 25.5 Å². The summed E-state index contributed by atoms with van der Waals surface area (Å²) >= 11 is 0. The predicted octanol–water partition coefficient (Wildman–Crippen LogP) is 1.86. The fraction of sp³-hybridized carbons (Fsp3) is 0.533. The fourth-order valence-corrected chi connectivity index (χ4v) is 1.96. The first-order valence-corrected chi connectivity index (χ1v) is 6.72. The van der Waals surface area contributed by atoms with E-state index in [1.165, 1.54) is 0 Å². The molecule has 1 aromatic rings. The molecular formula is C15H25N3O. The summed E-state index contributed by atoms with van der Waals surface area (Å²) in [6.07, 6.45) is 0.901. The van der Waals surface area contributed by atoms with Gasteiger partial charge >= 0.3 is 0 Å². The number of nitrogens with two attached hydrogens (primary N) is 1. The van der Waals surface area contributed by atoms with Crippen LogP contribution in [0.4, 0.5) is 5.69 Å². The van der Waals surface area contributed by atoms with Crippen molar-refractivity contribution in [1.29, 1.82) is 0 Å². The first kappa shape index (κ1) is 15.5. The summed E-state index contributed by atoms with van der Waals surface area (Å²) in [4.78, 5) is 14.1. The van der Waals surface area contributed by atoms with E-state index in [4.69, 9.17) is 5.73 Å². The van der Waals surface area contributed by atoms with Crippen molar-refractivity contribution in [2.45, 2.75) is 26.3 Å². The Bertz CT molecular complexity index is 398. The van der Waals surface area contributed by atoms with Gasteiger partial charge in [0, 0.05) is 37.9 Å². The number of carbonyl (C=O) groups is 1. The van der Waals surface area contributed by atoms with Crippen molar-refractivity contribution in [3.8, 4) is 0 Å². The highest BCUT2D eigenvalue weighted by Crippen LogP contribution is 2.12. The van der Waals surface area contributed by atoms with E-state index in [1.54, 1.807) is 0 Å². The molecule has 0 bridgehead atoms. The minimum atomic E-state index is -0.0543. The highest BCUT2D eigenvalue weighted by Gasteiger charge is 2.13. The topological polar surface area (TPSA) is 58.4 Å². The van der Waals surface area contributed by atoms with Gasteiger partial charge in [-0.05, 0) is 36.6 Å². The molecule has 0 aliphatic heterocycles. The van der Waals surface area contributed by atoms with Crippen LogP contribution >= 0.6 is 0 Å². The van der Waals surface area contributed by atoms with E-state index in [9.17, 15) is 4.79 Å². The number of amides is 1. The van der Waals surface area contributed by atoms with Crippen molar-refractivity contribution in [3.63, 3.8) is 0 Å². The van der Waals surface area contributed by atoms with E-state index in [1.807, 2.05) is 43.3 Å². The number of anilines is 1. The predicted molar refractivity (Wildman–Crippen MR) is 80.5 cm³/mol. The van der Waals surface area contributed by atoms with E-state index in [2.05, 4.69) is 19.2 Å². The molecule has 0 spiro atoms. The third-order valence-electron chi connectivity index (χ3n) is 3.02. The smallest absolute Gasteiger partial charge is 0.251 e. The zero-order valence-electron chi connectivity index (χ0n) is 12.3. The van der Waals surface area contributed by atoms with Crippen LogP contribution in [0.15, 0.2) is 24.3 Å². The van der Waals surface area contributed by atoms with Crippen LogP contribution in [0.3, 0.4) is 0 Å². The highest BCUT2D eigenvalue weighted by molar-refractivity contribution is 5.94. The van der Waals surface area contributed by atoms with Gasteiger partial charge in [-0.15, -0.1) is 0 Å². The fourth-order valence-electron chi connectivity index (χ4n) is 1.96. The molecule has 0 fully saturated rings. The lowest BCUT2D eigenvalue weighted by Gasteiger charge is -2.19. The molecule has 19 heavy (non-hydrogen) atoms. The Kier molecular flexibility index (Phi) is 5.83. The molecule has 4 heteroatoms. The molecule has 1 atom stereocenters. The Hall–Kier alpha value is -1.55. The maximum atomic E-state index is 12.1. The Morgan fingerprint density at radius 1 is 1.26 bits per heavy atom. The van der Waals surface area contributed by atoms with Gasteiger partial charge in [0.15, 0.2) is 0 Å². The average Bonchev–Trinajstić information content (AvgIpc) is 2.37. The Labute approximate surface area is 116 Å². The second-order valence-electron chi connectivity index (χ2n) is 5.48. The van der Waals surface area contributed by atoms with Crippen molar-refractivity contribution in [1.82, 2.24) is 5.32 Å². The summed E-state index contributed by atoms with van der Waals surface area (Å²) in [7, 11) is 3.95. The minimum Gasteiger partial charge on any atom is -0.378 e. The van der Waals surface area contributed by atoms with Crippen LogP contribution < -0.4 is 16.0 Å². The van der Waals surface area contributed by atoms with Crippen LogP contribution in [-0.2, 0) is 0 Å². The van der Waals surface area contributed by atoms with Gasteiger partial charge in [-0.25, -0.2) is 0 Å². The number of carbonyl (C=O) groups excluding carboxylic acids is 1. The minimum absolute atomic E-state index is 0.0426. The summed E-state index contributed by atoms with van der Waals surface area (Å²) < 4.78 is 0. The van der Waals surface area contributed by atoms with E-state index in [0.717, 1.165) is 12.1 Å². The quantitative estimate of drug-likeness (QED) is 0.823. The zero-order valence-corrected chi connectivity index (χ0v) is 12.3. The third kappa shape index (κ3) is 4.91. The lowest BCUT2D eigenvalue weighted by atomic mass is 10.0. The summed E-state index contributed by atoms with van der Waals surface area (Å²) in [5.41, 5.74) is 7.44. The number of benzene rings is 1. The van der Waals surface area contributed by atoms with E-state index in [-0.39, 0.29) is 11.9 Å². The molecular weight excluding hydrogens is 238 g/mol. The molecule has 0 saturated carbocycles. The second kappa shape index (κ2) is 7.14. The summed E-state index contributed by atoms with van der Waals surface area (Å²) in [5.74, 6) is 0.464. The van der Waals surface area contributed by atoms with Crippen LogP contribution in [0.2, 0.25) is 0 Å². The largest absolute Gasteiger partial charge is 0.378 e. The van der Waals surface area contributed by atoms with Gasteiger partial charge in [-0.2, -0.15) is 0 Å². The molecule has 3 N–H and O–H groups in total. The molecule has 1 unspecified atom stereocenters. The van der Waals surface area contributed by atoms with E-state index >= 15 is 0 Å². The van der Waals surface area contributed by atoms with Gasteiger partial charge in [0.25, 0.3) is 5.91 Å². The number of nitrogens with one attached hydrogen (secondary N) is 1. The summed E-state index contributed by atoms with van der Waals surface area (Å²) in [5, 5.41) is 2.99. The highest BCUT2D eigenvalue weighted by atomic mass is 16.1. The number of hydrogen-bond acceptors (Lipinski definition) is 3. The summed E-state index contributed by atoms with van der Waals surface area (Å²) in [6, 6.07) is 7.60. The monoisotopic (exact) mass is 263 g/mol.